The van der Waals surface area contributed by atoms with Crippen molar-refractivity contribution in [1.29, 1.82) is 0 Å². The van der Waals surface area contributed by atoms with Gasteiger partial charge in [-0.15, -0.1) is 0 Å². The van der Waals surface area contributed by atoms with Crippen LogP contribution in [0.1, 0.15) is 387 Å². The van der Waals surface area contributed by atoms with Crippen LogP contribution in [0.2, 0.25) is 0 Å². The Bertz CT molecular complexity index is 1080. The molecule has 440 valence electrons. The smallest absolute Gasteiger partial charge is 0.550 e. The van der Waals surface area contributed by atoms with Crippen molar-refractivity contribution in [1.82, 2.24) is 0 Å². The maximum Gasteiger partial charge on any atom is 2.00 e. The van der Waals surface area contributed by atoms with Crippen LogP contribution < -0.4 is 10.2 Å². The van der Waals surface area contributed by atoms with Crippen molar-refractivity contribution in [2.24, 2.45) is 0 Å². The second-order valence-corrected chi connectivity index (χ2v) is 22.7. The molecule has 8 nitrogen and oxygen atoms in total. The molecule has 0 radical (unpaired) electrons. The molecule has 0 saturated heterocycles. The van der Waals surface area contributed by atoms with Gasteiger partial charge in [0.1, 0.15) is 12.2 Å². The minimum Gasteiger partial charge on any atom is -0.550 e. The average molecular weight is 1110 g/mol. The van der Waals surface area contributed by atoms with Crippen LogP contribution in [0.4, 0.5) is 0 Å². The molecule has 0 N–H and O–H groups in total. The van der Waals surface area contributed by atoms with Crippen LogP contribution in [-0.2, 0) is 48.1 Å². The van der Waals surface area contributed by atoms with E-state index < -0.39 is 11.9 Å². The van der Waals surface area contributed by atoms with Gasteiger partial charge in [0, 0.05) is 24.8 Å². The van der Waals surface area contributed by atoms with Gasteiger partial charge in [-0.2, -0.15) is 0 Å². The second-order valence-electron chi connectivity index (χ2n) is 22.7. The predicted octanol–water partition coefficient (Wildman–Crippen LogP) is 19.2. The number of carbonyl (C=O) groups excluding carboxylic acids is 4. The average Bonchev–Trinajstić information content (AvgIpc) is 3.38. The van der Waals surface area contributed by atoms with E-state index in [4.69, 9.17) is 9.47 Å². The Labute approximate surface area is 479 Å². The number of esters is 2. The van der Waals surface area contributed by atoms with Crippen LogP contribution in [0.5, 0.6) is 0 Å². The largest absolute Gasteiger partial charge is 2.00 e. The molecule has 0 fully saturated rings. The van der Waals surface area contributed by atoms with Crippen molar-refractivity contribution >= 4 is 23.9 Å². The van der Waals surface area contributed by atoms with Crippen LogP contribution in [0.25, 0.3) is 0 Å². The summed E-state index contributed by atoms with van der Waals surface area (Å²) in [5, 5.41) is 21.1. The van der Waals surface area contributed by atoms with Gasteiger partial charge in [0.25, 0.3) is 0 Å². The zero-order chi connectivity index (χ0) is 54.5. The Balaban J connectivity index is -0.00000136. The minimum absolute atomic E-state index is 0. The Morgan fingerprint density at radius 2 is 0.413 bits per heavy atom. The fourth-order valence-corrected chi connectivity index (χ4v) is 10.2. The predicted molar refractivity (Wildman–Crippen MR) is 311 cm³/mol. The fourth-order valence-electron chi connectivity index (χ4n) is 10.2. The van der Waals surface area contributed by atoms with Crippen molar-refractivity contribution < 1.29 is 58.3 Å². The first-order valence-electron chi connectivity index (χ1n) is 33.0. The molecule has 0 heterocycles. The molecule has 0 aromatic rings. The first-order valence-corrected chi connectivity index (χ1v) is 33.0. The van der Waals surface area contributed by atoms with Gasteiger partial charge < -0.3 is 29.3 Å². The van der Waals surface area contributed by atoms with Crippen LogP contribution >= 0.6 is 0 Å². The van der Waals surface area contributed by atoms with E-state index in [2.05, 4.69) is 27.7 Å². The van der Waals surface area contributed by atoms with E-state index in [0.29, 0.717) is 25.7 Å². The third-order valence-electron chi connectivity index (χ3n) is 15.1. The molecule has 0 rings (SSSR count). The van der Waals surface area contributed by atoms with Gasteiger partial charge in [-0.05, 0) is 89.9 Å². The molecule has 0 amide bonds. The summed E-state index contributed by atoms with van der Waals surface area (Å²) < 4.78 is 11.8. The van der Waals surface area contributed by atoms with Crippen molar-refractivity contribution in [3.63, 3.8) is 0 Å². The standard InChI is InChI=1S/2C33H64O4.Zn/c2*1-3-5-7-9-11-13-14-15-16-18-20-26-30-33(36)37-31(28-24-21-22-25-29-32(34)35)27-23-19-17-12-10-8-6-4-2;/h2*31H,3-30H2,1-2H3,(H,34,35);/q;;+2/p-2. The first-order chi connectivity index (χ1) is 36.2. The number of ether oxygens (including phenoxy) is 2. The molecule has 0 spiro atoms. The molecule has 0 aromatic heterocycles. The van der Waals surface area contributed by atoms with E-state index in [1.807, 2.05) is 0 Å². The molecule has 0 aromatic carbocycles. The first kappa shape index (κ1) is 77.7. The number of hydrogen-bond acceptors (Lipinski definition) is 8. The van der Waals surface area contributed by atoms with Crippen molar-refractivity contribution in [3.8, 4) is 0 Å². The van der Waals surface area contributed by atoms with Gasteiger partial charge in [-0.1, -0.05) is 285 Å². The second kappa shape index (κ2) is 66.8. The molecule has 75 heavy (non-hydrogen) atoms. The quantitative estimate of drug-likeness (QED) is 0.0334. The van der Waals surface area contributed by atoms with Crippen LogP contribution in [0.3, 0.4) is 0 Å². The molecule has 0 aliphatic carbocycles. The number of carbonyl (C=O) groups is 4. The maximum atomic E-state index is 12.5. The number of hydrogen-bond donors (Lipinski definition) is 0. The third kappa shape index (κ3) is 68.6. The van der Waals surface area contributed by atoms with E-state index in [-0.39, 0.29) is 56.5 Å². The van der Waals surface area contributed by atoms with Gasteiger partial charge in [-0.25, -0.2) is 0 Å². The van der Waals surface area contributed by atoms with Crippen LogP contribution in [-0.4, -0.2) is 36.1 Å². The monoisotopic (exact) mass is 1110 g/mol. The number of carboxylic acid groups (broad SMARTS) is 2. The molecule has 2 unspecified atom stereocenters. The van der Waals surface area contributed by atoms with E-state index in [9.17, 15) is 29.4 Å². The minimum atomic E-state index is -0.959. The summed E-state index contributed by atoms with van der Waals surface area (Å²) in [6.07, 6.45) is 64.2. The van der Waals surface area contributed by atoms with E-state index in [0.717, 1.165) is 103 Å². The number of carboxylic acids is 2. The zero-order valence-corrected chi connectivity index (χ0v) is 53.7. The summed E-state index contributed by atoms with van der Waals surface area (Å²) >= 11 is 0. The van der Waals surface area contributed by atoms with Crippen molar-refractivity contribution in [2.75, 3.05) is 0 Å². The molecular formula is C66H126O8Zn. The Hall–Kier alpha value is -1.50. The number of aliphatic carboxylic acids is 2. The Morgan fingerprint density at radius 3 is 0.600 bits per heavy atom. The SMILES string of the molecule is CCCCCCCCCCCCCCC(=O)OC(CCCCCCCCCC)CCCCCCC(=O)[O-].CCCCCCCCCCCCCCC(=O)OC(CCCCCCCCCC)CCCCCCC(=O)[O-].[Zn+2]. The van der Waals surface area contributed by atoms with E-state index >= 15 is 0 Å². The summed E-state index contributed by atoms with van der Waals surface area (Å²) in [5.74, 6) is -1.96. The van der Waals surface area contributed by atoms with Crippen molar-refractivity contribution in [3.05, 3.63) is 0 Å². The van der Waals surface area contributed by atoms with Gasteiger partial charge in [0.15, 0.2) is 0 Å². The van der Waals surface area contributed by atoms with Crippen LogP contribution in [0, 0.1) is 0 Å². The third-order valence-corrected chi connectivity index (χ3v) is 15.1. The number of unbranched alkanes of at least 4 members (excludes halogenated alkanes) is 42. The number of rotatable bonds is 60. The van der Waals surface area contributed by atoms with E-state index in [1.54, 1.807) is 0 Å². The summed E-state index contributed by atoms with van der Waals surface area (Å²) in [4.78, 5) is 46.1. The fraction of sp³-hybridized carbons (Fsp3) is 0.939. The van der Waals surface area contributed by atoms with Gasteiger partial charge in [0.05, 0.1) is 0 Å². The summed E-state index contributed by atoms with van der Waals surface area (Å²) in [7, 11) is 0. The summed E-state index contributed by atoms with van der Waals surface area (Å²) in [6, 6.07) is 0. The molecule has 0 aliphatic rings. The molecular weight excluding hydrogens is 986 g/mol. The zero-order valence-electron chi connectivity index (χ0n) is 50.7. The van der Waals surface area contributed by atoms with Gasteiger partial charge in [0.2, 0.25) is 0 Å². The Morgan fingerprint density at radius 1 is 0.253 bits per heavy atom. The van der Waals surface area contributed by atoms with Crippen LogP contribution in [0.15, 0.2) is 0 Å². The molecule has 2 atom stereocenters. The molecule has 0 bridgehead atoms. The van der Waals surface area contributed by atoms with Gasteiger partial charge in [-0.3, -0.25) is 9.59 Å². The topological polar surface area (TPSA) is 133 Å². The Kier molecular flexibility index (Phi) is 69.2. The normalized spacial score (nSPS) is 11.9. The maximum absolute atomic E-state index is 12.5. The molecule has 9 heteroatoms. The molecule has 0 aliphatic heterocycles. The van der Waals surface area contributed by atoms with Crippen molar-refractivity contribution in [2.45, 2.75) is 399 Å². The van der Waals surface area contributed by atoms with E-state index in [1.165, 1.54) is 218 Å². The van der Waals surface area contributed by atoms with Gasteiger partial charge >= 0.3 is 31.4 Å². The summed E-state index contributed by atoms with van der Waals surface area (Å²) in [6.45, 7) is 9.04. The summed E-state index contributed by atoms with van der Waals surface area (Å²) in [5.41, 5.74) is 0. The molecule has 0 saturated carbocycles.